The molecular formula is C21H14O. The minimum Gasteiger partial charge on any atom is -0.455 e. The SMILES string of the molecule is Cc1ccc2c(ccc3ccc4c5ccccc5oc4c32)c1. The van der Waals surface area contributed by atoms with Crippen LogP contribution in [0.1, 0.15) is 5.56 Å². The molecule has 0 bridgehead atoms. The van der Waals surface area contributed by atoms with Gasteiger partial charge in [-0.05, 0) is 35.2 Å². The van der Waals surface area contributed by atoms with Crippen LogP contribution in [0.4, 0.5) is 0 Å². The highest BCUT2D eigenvalue weighted by atomic mass is 16.3. The smallest absolute Gasteiger partial charge is 0.143 e. The molecule has 0 saturated heterocycles. The standard InChI is InChI=1S/C21H14O/c1-13-6-10-16-15(12-13)8-7-14-9-11-18-17-4-2-3-5-19(17)22-21(18)20(14)16/h2-12H,1H3. The van der Waals surface area contributed by atoms with E-state index in [1.165, 1.54) is 37.9 Å². The van der Waals surface area contributed by atoms with E-state index >= 15 is 0 Å². The molecule has 0 atom stereocenters. The van der Waals surface area contributed by atoms with E-state index in [0.717, 1.165) is 11.2 Å². The molecule has 0 unspecified atom stereocenters. The van der Waals surface area contributed by atoms with E-state index < -0.39 is 0 Å². The molecule has 5 aromatic rings. The summed E-state index contributed by atoms with van der Waals surface area (Å²) in [4.78, 5) is 0. The predicted octanol–water partition coefficient (Wildman–Crippen LogP) is 6.20. The topological polar surface area (TPSA) is 13.1 Å². The number of hydrogen-bond acceptors (Lipinski definition) is 1. The fraction of sp³-hybridized carbons (Fsp3) is 0.0476. The summed E-state index contributed by atoms with van der Waals surface area (Å²) < 4.78 is 6.20. The number of aryl methyl sites for hydroxylation is 1. The van der Waals surface area contributed by atoms with Gasteiger partial charge in [-0.15, -0.1) is 0 Å². The lowest BCUT2D eigenvalue weighted by Gasteiger charge is -2.05. The first-order valence-corrected chi connectivity index (χ1v) is 7.54. The Labute approximate surface area is 127 Å². The summed E-state index contributed by atoms with van der Waals surface area (Å²) in [6.45, 7) is 2.13. The number of furan rings is 1. The maximum Gasteiger partial charge on any atom is 0.143 e. The van der Waals surface area contributed by atoms with Gasteiger partial charge in [0.15, 0.2) is 0 Å². The number of fused-ring (bicyclic) bond motifs is 7. The molecule has 104 valence electrons. The Bertz CT molecular complexity index is 1180. The van der Waals surface area contributed by atoms with Gasteiger partial charge in [-0.25, -0.2) is 0 Å². The second-order valence-electron chi connectivity index (χ2n) is 5.93. The summed E-state index contributed by atoms with van der Waals surface area (Å²) in [6, 6.07) is 23.6. The lowest BCUT2D eigenvalue weighted by molar-refractivity contribution is 0.673. The van der Waals surface area contributed by atoms with Crippen LogP contribution in [0, 0.1) is 6.92 Å². The second kappa shape index (κ2) is 4.11. The van der Waals surface area contributed by atoms with E-state index in [1.54, 1.807) is 0 Å². The third-order valence-electron chi connectivity index (χ3n) is 4.50. The molecule has 5 rings (SSSR count). The zero-order valence-corrected chi connectivity index (χ0v) is 12.3. The normalized spacial score (nSPS) is 11.9. The molecule has 1 heteroatoms. The van der Waals surface area contributed by atoms with Crippen molar-refractivity contribution >= 4 is 43.5 Å². The maximum atomic E-state index is 6.20. The summed E-state index contributed by atoms with van der Waals surface area (Å²) in [6.07, 6.45) is 0. The lowest BCUT2D eigenvalue weighted by Crippen LogP contribution is -1.80. The molecule has 0 fully saturated rings. The molecule has 4 aromatic carbocycles. The van der Waals surface area contributed by atoms with Gasteiger partial charge in [0, 0.05) is 16.2 Å². The highest BCUT2D eigenvalue weighted by Gasteiger charge is 2.12. The average Bonchev–Trinajstić information content (AvgIpc) is 2.93. The molecule has 0 aliphatic rings. The summed E-state index contributed by atoms with van der Waals surface area (Å²) in [5.41, 5.74) is 3.23. The zero-order valence-electron chi connectivity index (χ0n) is 12.3. The third-order valence-corrected chi connectivity index (χ3v) is 4.50. The molecule has 1 heterocycles. The fourth-order valence-corrected chi connectivity index (χ4v) is 3.45. The van der Waals surface area contributed by atoms with E-state index in [1.807, 2.05) is 12.1 Å². The number of para-hydroxylation sites is 1. The van der Waals surface area contributed by atoms with Gasteiger partial charge in [0.1, 0.15) is 11.2 Å². The highest BCUT2D eigenvalue weighted by molar-refractivity contribution is 6.22. The average molecular weight is 282 g/mol. The Kier molecular flexibility index (Phi) is 2.21. The first-order chi connectivity index (χ1) is 10.8. The molecule has 0 saturated carbocycles. The van der Waals surface area contributed by atoms with Crippen molar-refractivity contribution in [2.24, 2.45) is 0 Å². The van der Waals surface area contributed by atoms with Crippen molar-refractivity contribution in [3.63, 3.8) is 0 Å². The fourth-order valence-electron chi connectivity index (χ4n) is 3.45. The first kappa shape index (κ1) is 11.8. The van der Waals surface area contributed by atoms with Crippen LogP contribution < -0.4 is 0 Å². The molecule has 0 amide bonds. The largest absolute Gasteiger partial charge is 0.455 e. The number of benzene rings is 4. The molecule has 0 spiro atoms. The van der Waals surface area contributed by atoms with Crippen molar-refractivity contribution < 1.29 is 4.42 Å². The minimum absolute atomic E-state index is 0.953. The second-order valence-corrected chi connectivity index (χ2v) is 5.93. The van der Waals surface area contributed by atoms with Crippen LogP contribution in [0.3, 0.4) is 0 Å². The first-order valence-electron chi connectivity index (χ1n) is 7.54. The highest BCUT2D eigenvalue weighted by Crippen LogP contribution is 2.37. The van der Waals surface area contributed by atoms with Crippen molar-refractivity contribution in [2.45, 2.75) is 6.92 Å². The van der Waals surface area contributed by atoms with Crippen LogP contribution in [0.25, 0.3) is 43.5 Å². The molecule has 1 aromatic heterocycles. The zero-order chi connectivity index (χ0) is 14.7. The van der Waals surface area contributed by atoms with Gasteiger partial charge in [0.2, 0.25) is 0 Å². The van der Waals surface area contributed by atoms with E-state index in [0.29, 0.717) is 0 Å². The Morgan fingerprint density at radius 3 is 2.41 bits per heavy atom. The Hall–Kier alpha value is -2.80. The van der Waals surface area contributed by atoms with Gasteiger partial charge in [0.25, 0.3) is 0 Å². The van der Waals surface area contributed by atoms with Crippen molar-refractivity contribution in [1.82, 2.24) is 0 Å². The van der Waals surface area contributed by atoms with Gasteiger partial charge >= 0.3 is 0 Å². The Morgan fingerprint density at radius 1 is 0.682 bits per heavy atom. The summed E-state index contributed by atoms with van der Waals surface area (Å²) in [5, 5.41) is 7.34. The third kappa shape index (κ3) is 1.48. The lowest BCUT2D eigenvalue weighted by atomic mass is 9.98. The summed E-state index contributed by atoms with van der Waals surface area (Å²) >= 11 is 0. The molecule has 22 heavy (non-hydrogen) atoms. The van der Waals surface area contributed by atoms with Crippen LogP contribution in [0.15, 0.2) is 71.1 Å². The minimum atomic E-state index is 0.953. The van der Waals surface area contributed by atoms with Gasteiger partial charge in [-0.2, -0.15) is 0 Å². The summed E-state index contributed by atoms with van der Waals surface area (Å²) in [5.74, 6) is 0. The molecule has 1 nitrogen and oxygen atoms in total. The maximum absolute atomic E-state index is 6.20. The molecular weight excluding hydrogens is 268 g/mol. The van der Waals surface area contributed by atoms with E-state index in [2.05, 4.69) is 61.5 Å². The van der Waals surface area contributed by atoms with Gasteiger partial charge in [-0.3, -0.25) is 0 Å². The van der Waals surface area contributed by atoms with Crippen LogP contribution >= 0.6 is 0 Å². The van der Waals surface area contributed by atoms with E-state index in [4.69, 9.17) is 4.42 Å². The van der Waals surface area contributed by atoms with Gasteiger partial charge < -0.3 is 4.42 Å². The van der Waals surface area contributed by atoms with E-state index in [9.17, 15) is 0 Å². The molecule has 0 radical (unpaired) electrons. The number of hydrogen-bond donors (Lipinski definition) is 0. The van der Waals surface area contributed by atoms with Crippen LogP contribution in [-0.4, -0.2) is 0 Å². The quantitative estimate of drug-likeness (QED) is 0.308. The molecule has 0 aliphatic carbocycles. The Balaban J connectivity index is 2.10. The number of rotatable bonds is 0. The van der Waals surface area contributed by atoms with Crippen LogP contribution in [0.5, 0.6) is 0 Å². The Morgan fingerprint density at radius 2 is 1.45 bits per heavy atom. The van der Waals surface area contributed by atoms with Crippen LogP contribution in [-0.2, 0) is 0 Å². The van der Waals surface area contributed by atoms with E-state index in [-0.39, 0.29) is 0 Å². The predicted molar refractivity (Wildman–Crippen MR) is 93.5 cm³/mol. The van der Waals surface area contributed by atoms with Gasteiger partial charge in [-0.1, -0.05) is 60.2 Å². The van der Waals surface area contributed by atoms with Crippen LogP contribution in [0.2, 0.25) is 0 Å². The van der Waals surface area contributed by atoms with Gasteiger partial charge in [0.05, 0.1) is 0 Å². The summed E-state index contributed by atoms with van der Waals surface area (Å²) in [7, 11) is 0. The molecule has 0 N–H and O–H groups in total. The van der Waals surface area contributed by atoms with Crippen molar-refractivity contribution in [3.8, 4) is 0 Å². The monoisotopic (exact) mass is 282 g/mol. The van der Waals surface area contributed by atoms with Crippen molar-refractivity contribution in [2.75, 3.05) is 0 Å². The molecule has 0 aliphatic heterocycles. The van der Waals surface area contributed by atoms with Crippen molar-refractivity contribution in [3.05, 3.63) is 72.3 Å². The van der Waals surface area contributed by atoms with Crippen molar-refractivity contribution in [1.29, 1.82) is 0 Å².